The van der Waals surface area contributed by atoms with Crippen molar-refractivity contribution in [2.24, 2.45) is 0 Å². The van der Waals surface area contributed by atoms with Crippen LogP contribution in [0.15, 0.2) is 60.7 Å². The van der Waals surface area contributed by atoms with E-state index < -0.39 is 0 Å². The van der Waals surface area contributed by atoms with Gasteiger partial charge in [-0.2, -0.15) is 0 Å². The topological polar surface area (TPSA) is 50.3 Å². The average Bonchev–Trinajstić information content (AvgIpc) is 2.66. The van der Waals surface area contributed by atoms with Crippen LogP contribution >= 0.6 is 0 Å². The number of anilines is 3. The molecule has 0 saturated carbocycles. The Kier molecular flexibility index (Phi) is 5.91. The lowest BCUT2D eigenvalue weighted by Crippen LogP contribution is -2.31. The third kappa shape index (κ3) is 4.97. The van der Waals surface area contributed by atoms with Gasteiger partial charge >= 0.3 is 0 Å². The molecule has 0 aliphatic rings. The number of ether oxygens (including phenoxy) is 1. The van der Waals surface area contributed by atoms with Crippen molar-refractivity contribution < 1.29 is 4.74 Å². The van der Waals surface area contributed by atoms with E-state index in [4.69, 9.17) is 4.74 Å². The highest BCUT2D eigenvalue weighted by molar-refractivity contribution is 5.61. The van der Waals surface area contributed by atoms with Crippen LogP contribution in [0, 0.1) is 6.92 Å². The van der Waals surface area contributed by atoms with E-state index in [2.05, 4.69) is 58.3 Å². The van der Waals surface area contributed by atoms with E-state index in [1.54, 1.807) is 7.11 Å². The van der Waals surface area contributed by atoms with Gasteiger partial charge < -0.3 is 15.0 Å². The highest BCUT2D eigenvalue weighted by Gasteiger charge is 2.15. The Bertz CT molecular complexity index is 880. The van der Waals surface area contributed by atoms with E-state index in [-0.39, 0.29) is 0 Å². The molecule has 0 aliphatic heterocycles. The smallest absolute Gasteiger partial charge is 0.136 e. The van der Waals surface area contributed by atoms with E-state index in [9.17, 15) is 0 Å². The van der Waals surface area contributed by atoms with Crippen LogP contribution in [0.5, 0.6) is 5.75 Å². The van der Waals surface area contributed by atoms with Crippen LogP contribution in [0.25, 0.3) is 0 Å². The molecule has 1 heterocycles. The highest BCUT2D eigenvalue weighted by Crippen LogP contribution is 2.24. The van der Waals surface area contributed by atoms with Crippen molar-refractivity contribution in [2.45, 2.75) is 33.4 Å². The summed E-state index contributed by atoms with van der Waals surface area (Å²) in [7, 11) is 1.66. The maximum atomic E-state index is 5.30. The summed E-state index contributed by atoms with van der Waals surface area (Å²) >= 11 is 0. The van der Waals surface area contributed by atoms with Gasteiger partial charge in [-0.1, -0.05) is 36.4 Å². The van der Waals surface area contributed by atoms with Crippen molar-refractivity contribution in [3.8, 4) is 5.75 Å². The molecule has 2 aromatic carbocycles. The maximum Gasteiger partial charge on any atom is 0.136 e. The Hall–Kier alpha value is -3.08. The quantitative estimate of drug-likeness (QED) is 0.644. The average molecular weight is 362 g/mol. The maximum absolute atomic E-state index is 5.30. The molecule has 0 aliphatic carbocycles. The number of aromatic nitrogens is 2. The minimum atomic E-state index is 0.309. The molecule has 0 saturated heterocycles. The van der Waals surface area contributed by atoms with Crippen LogP contribution in [0.1, 0.15) is 25.2 Å². The van der Waals surface area contributed by atoms with E-state index >= 15 is 0 Å². The van der Waals surface area contributed by atoms with Crippen LogP contribution in [0.3, 0.4) is 0 Å². The standard InChI is InChI=1S/C22H26N4O/c1-16(2)26(15-18-9-6-5-7-10-18)22-14-21(23-17(3)24-22)25-19-11-8-12-20(13-19)27-4/h5-14,16H,15H2,1-4H3,(H,23,24,25). The zero-order valence-electron chi connectivity index (χ0n) is 16.3. The van der Waals surface area contributed by atoms with Gasteiger partial charge in [0.1, 0.15) is 23.2 Å². The van der Waals surface area contributed by atoms with E-state index in [1.165, 1.54) is 5.56 Å². The number of hydrogen-bond donors (Lipinski definition) is 1. The van der Waals surface area contributed by atoms with E-state index in [0.29, 0.717) is 6.04 Å². The summed E-state index contributed by atoms with van der Waals surface area (Å²) in [4.78, 5) is 11.5. The van der Waals surface area contributed by atoms with Gasteiger partial charge in [0.15, 0.2) is 0 Å². The van der Waals surface area contributed by atoms with Crippen LogP contribution in [0.2, 0.25) is 0 Å². The van der Waals surface area contributed by atoms with Gasteiger partial charge in [-0.25, -0.2) is 9.97 Å². The lowest BCUT2D eigenvalue weighted by atomic mass is 10.2. The molecule has 0 atom stereocenters. The zero-order valence-corrected chi connectivity index (χ0v) is 16.3. The molecule has 0 bridgehead atoms. The van der Waals surface area contributed by atoms with Gasteiger partial charge in [0.05, 0.1) is 7.11 Å². The molecule has 3 aromatic rings. The van der Waals surface area contributed by atoms with Crippen LogP contribution < -0.4 is 15.0 Å². The number of aryl methyl sites for hydroxylation is 1. The minimum absolute atomic E-state index is 0.309. The highest BCUT2D eigenvalue weighted by atomic mass is 16.5. The van der Waals surface area contributed by atoms with E-state index in [0.717, 1.165) is 35.4 Å². The summed E-state index contributed by atoms with van der Waals surface area (Å²) in [5, 5.41) is 3.36. The van der Waals surface area contributed by atoms with Crippen molar-refractivity contribution in [3.63, 3.8) is 0 Å². The summed E-state index contributed by atoms with van der Waals surface area (Å²) in [6, 6.07) is 20.5. The van der Waals surface area contributed by atoms with Crippen molar-refractivity contribution in [1.29, 1.82) is 0 Å². The van der Waals surface area contributed by atoms with Crippen LogP contribution in [0.4, 0.5) is 17.3 Å². The van der Waals surface area contributed by atoms with Crippen LogP contribution in [-0.4, -0.2) is 23.1 Å². The Balaban J connectivity index is 1.88. The Morgan fingerprint density at radius 2 is 1.78 bits per heavy atom. The first-order chi connectivity index (χ1) is 13.0. The molecule has 0 radical (unpaired) electrons. The summed E-state index contributed by atoms with van der Waals surface area (Å²) in [6.07, 6.45) is 0. The Labute approximate surface area is 161 Å². The first-order valence-electron chi connectivity index (χ1n) is 9.12. The van der Waals surface area contributed by atoms with Crippen molar-refractivity contribution in [1.82, 2.24) is 9.97 Å². The number of nitrogens with zero attached hydrogens (tertiary/aromatic N) is 3. The summed E-state index contributed by atoms with van der Waals surface area (Å²) in [5.74, 6) is 3.21. The monoisotopic (exact) mass is 362 g/mol. The molecule has 0 fully saturated rings. The molecule has 140 valence electrons. The number of rotatable bonds is 7. The third-order valence-electron chi connectivity index (χ3n) is 4.28. The predicted molar refractivity (Wildman–Crippen MR) is 111 cm³/mol. The molecule has 0 amide bonds. The Morgan fingerprint density at radius 1 is 1.00 bits per heavy atom. The van der Waals surface area contributed by atoms with Crippen molar-refractivity contribution >= 4 is 17.3 Å². The molecule has 1 N–H and O–H groups in total. The van der Waals surface area contributed by atoms with Crippen LogP contribution in [-0.2, 0) is 6.54 Å². The second-order valence-electron chi connectivity index (χ2n) is 6.72. The van der Waals surface area contributed by atoms with Gasteiger partial charge in [-0.3, -0.25) is 0 Å². The first kappa shape index (κ1) is 18.7. The number of benzene rings is 2. The van der Waals surface area contributed by atoms with Gasteiger partial charge in [-0.15, -0.1) is 0 Å². The molecule has 0 spiro atoms. The van der Waals surface area contributed by atoms with Gasteiger partial charge in [-0.05, 0) is 38.5 Å². The molecule has 3 rings (SSSR count). The lowest BCUT2D eigenvalue weighted by Gasteiger charge is -2.28. The number of hydrogen-bond acceptors (Lipinski definition) is 5. The lowest BCUT2D eigenvalue weighted by molar-refractivity contribution is 0.415. The fraction of sp³-hybridized carbons (Fsp3) is 0.273. The van der Waals surface area contributed by atoms with Gasteiger partial charge in [0.2, 0.25) is 0 Å². The number of methoxy groups -OCH3 is 1. The first-order valence-corrected chi connectivity index (χ1v) is 9.12. The molecular weight excluding hydrogens is 336 g/mol. The molecule has 27 heavy (non-hydrogen) atoms. The summed E-state index contributed by atoms with van der Waals surface area (Å²) in [5.41, 5.74) is 2.18. The molecular formula is C22H26N4O. The molecule has 5 nitrogen and oxygen atoms in total. The summed E-state index contributed by atoms with van der Waals surface area (Å²) in [6.45, 7) is 7.07. The molecule has 1 aromatic heterocycles. The third-order valence-corrected chi connectivity index (χ3v) is 4.28. The minimum Gasteiger partial charge on any atom is -0.497 e. The fourth-order valence-electron chi connectivity index (χ4n) is 2.92. The van der Waals surface area contributed by atoms with Gasteiger partial charge in [0.25, 0.3) is 0 Å². The number of nitrogens with one attached hydrogen (secondary N) is 1. The van der Waals surface area contributed by atoms with Crippen molar-refractivity contribution in [2.75, 3.05) is 17.3 Å². The SMILES string of the molecule is COc1cccc(Nc2cc(N(Cc3ccccc3)C(C)C)nc(C)n2)c1. The fourth-order valence-corrected chi connectivity index (χ4v) is 2.92. The second kappa shape index (κ2) is 8.54. The Morgan fingerprint density at radius 3 is 2.48 bits per heavy atom. The molecule has 0 unspecified atom stereocenters. The second-order valence-corrected chi connectivity index (χ2v) is 6.72. The largest absolute Gasteiger partial charge is 0.497 e. The summed E-state index contributed by atoms with van der Waals surface area (Å²) < 4.78 is 5.30. The van der Waals surface area contributed by atoms with E-state index in [1.807, 2.05) is 43.3 Å². The predicted octanol–water partition coefficient (Wildman–Crippen LogP) is 4.95. The molecule has 5 heteroatoms. The zero-order chi connectivity index (χ0) is 19.2. The van der Waals surface area contributed by atoms with Gasteiger partial charge in [0, 0.05) is 30.4 Å². The van der Waals surface area contributed by atoms with Crippen molar-refractivity contribution in [3.05, 3.63) is 72.1 Å². The normalized spacial score (nSPS) is 10.7.